The molecule has 0 aromatic carbocycles. The van der Waals surface area contributed by atoms with Gasteiger partial charge in [-0.05, 0) is 30.2 Å². The van der Waals surface area contributed by atoms with Crippen molar-refractivity contribution in [2.24, 2.45) is 5.92 Å². The zero-order valence-electron chi connectivity index (χ0n) is 11.6. The number of aliphatic hydroxyl groups excluding tert-OH is 1. The zero-order chi connectivity index (χ0) is 15.5. The van der Waals surface area contributed by atoms with E-state index in [1.807, 2.05) is 13.8 Å². The molecular weight excluding hydrogens is 302 g/mol. The predicted octanol–water partition coefficient (Wildman–Crippen LogP) is 1.44. The highest BCUT2D eigenvalue weighted by Gasteiger charge is 2.27. The summed E-state index contributed by atoms with van der Waals surface area (Å²) in [7, 11) is -3.93. The van der Waals surface area contributed by atoms with Crippen LogP contribution in [-0.4, -0.2) is 37.2 Å². The van der Waals surface area contributed by atoms with Gasteiger partial charge in [-0.1, -0.05) is 13.8 Å². The topological polar surface area (TPSA) is 104 Å². The third-order valence-corrected chi connectivity index (χ3v) is 5.46. The van der Waals surface area contributed by atoms with Crippen LogP contribution in [0.5, 0.6) is 0 Å². The van der Waals surface area contributed by atoms with Gasteiger partial charge in [0.2, 0.25) is 10.0 Å². The fourth-order valence-electron chi connectivity index (χ4n) is 1.82. The van der Waals surface area contributed by atoms with Crippen LogP contribution >= 0.6 is 11.3 Å². The van der Waals surface area contributed by atoms with E-state index in [0.29, 0.717) is 12.0 Å². The number of carboxylic acids is 1. The Morgan fingerprint density at radius 1 is 1.45 bits per heavy atom. The number of hydrogen-bond donors (Lipinski definition) is 3. The first-order valence-corrected chi connectivity index (χ1v) is 8.50. The quantitative estimate of drug-likeness (QED) is 0.705. The molecule has 0 amide bonds. The van der Waals surface area contributed by atoms with Crippen molar-refractivity contribution in [3.8, 4) is 0 Å². The summed E-state index contributed by atoms with van der Waals surface area (Å²) in [6.45, 7) is 5.25. The van der Waals surface area contributed by atoms with E-state index in [1.165, 1.54) is 5.38 Å². The van der Waals surface area contributed by atoms with Gasteiger partial charge in [0.15, 0.2) is 0 Å². The molecular formula is C12H19NO5S2. The average Bonchev–Trinajstić information content (AvgIpc) is 2.68. The largest absolute Gasteiger partial charge is 0.477 e. The van der Waals surface area contributed by atoms with Gasteiger partial charge in [-0.25, -0.2) is 17.9 Å². The van der Waals surface area contributed by atoms with Crippen LogP contribution in [0.25, 0.3) is 0 Å². The molecule has 6 nitrogen and oxygen atoms in total. The summed E-state index contributed by atoms with van der Waals surface area (Å²) in [6, 6.07) is 0. The molecule has 1 aromatic rings. The molecule has 1 rings (SSSR count). The second-order valence-corrected chi connectivity index (χ2v) is 7.60. The lowest BCUT2D eigenvalue weighted by molar-refractivity contribution is 0.0698. The van der Waals surface area contributed by atoms with Crippen molar-refractivity contribution in [2.75, 3.05) is 6.54 Å². The second kappa shape index (κ2) is 6.66. The predicted molar refractivity (Wildman–Crippen MR) is 76.7 cm³/mol. The molecule has 0 fully saturated rings. The first kappa shape index (κ1) is 17.1. The van der Waals surface area contributed by atoms with Crippen LogP contribution < -0.4 is 4.72 Å². The Kier molecular flexibility index (Phi) is 5.69. The summed E-state index contributed by atoms with van der Waals surface area (Å²) in [5, 5.41) is 20.2. The maximum atomic E-state index is 12.2. The van der Waals surface area contributed by atoms with Gasteiger partial charge in [0.05, 0.1) is 6.10 Å². The number of thiophene rings is 1. The number of aromatic carboxylic acids is 1. The fraction of sp³-hybridized carbons (Fsp3) is 0.583. The Morgan fingerprint density at radius 3 is 2.55 bits per heavy atom. The lowest BCUT2D eigenvalue weighted by Crippen LogP contribution is -2.33. The monoisotopic (exact) mass is 321 g/mol. The summed E-state index contributed by atoms with van der Waals surface area (Å²) in [5.41, 5.74) is 0.387. The van der Waals surface area contributed by atoms with E-state index in [4.69, 9.17) is 5.11 Å². The van der Waals surface area contributed by atoms with Crippen molar-refractivity contribution < 1.29 is 23.4 Å². The highest BCUT2D eigenvalue weighted by Crippen LogP contribution is 2.26. The molecule has 8 heteroatoms. The van der Waals surface area contributed by atoms with Crippen molar-refractivity contribution in [2.45, 2.75) is 38.2 Å². The number of hydrogen-bond acceptors (Lipinski definition) is 5. The Balaban J connectivity index is 2.90. The summed E-state index contributed by atoms with van der Waals surface area (Å²) >= 11 is 0.875. The average molecular weight is 321 g/mol. The molecule has 0 aliphatic heterocycles. The van der Waals surface area contributed by atoms with Gasteiger partial charge in [0, 0.05) is 6.54 Å². The van der Waals surface area contributed by atoms with Gasteiger partial charge in [-0.15, -0.1) is 11.3 Å². The number of aliphatic hydroxyl groups is 1. The van der Waals surface area contributed by atoms with Gasteiger partial charge < -0.3 is 10.2 Å². The third kappa shape index (κ3) is 4.27. The van der Waals surface area contributed by atoms with Crippen LogP contribution in [-0.2, 0) is 10.0 Å². The normalized spacial score (nSPS) is 13.7. The minimum absolute atomic E-state index is 0.130. The molecule has 114 valence electrons. The fourth-order valence-corrected chi connectivity index (χ4v) is 4.52. The first-order valence-electron chi connectivity index (χ1n) is 6.14. The molecule has 0 spiro atoms. The maximum Gasteiger partial charge on any atom is 0.347 e. The zero-order valence-corrected chi connectivity index (χ0v) is 13.2. The van der Waals surface area contributed by atoms with Gasteiger partial charge in [0.1, 0.15) is 9.77 Å². The van der Waals surface area contributed by atoms with Crippen molar-refractivity contribution in [3.05, 3.63) is 15.8 Å². The molecule has 1 heterocycles. The molecule has 1 aromatic heterocycles. The van der Waals surface area contributed by atoms with Crippen LogP contribution in [0.2, 0.25) is 0 Å². The molecule has 0 saturated heterocycles. The van der Waals surface area contributed by atoms with Crippen LogP contribution in [0.15, 0.2) is 10.3 Å². The number of sulfonamides is 1. The highest BCUT2D eigenvalue weighted by molar-refractivity contribution is 7.89. The maximum absolute atomic E-state index is 12.2. The van der Waals surface area contributed by atoms with E-state index in [0.717, 1.165) is 11.3 Å². The molecule has 20 heavy (non-hydrogen) atoms. The number of carbonyl (C=O) groups is 1. The lowest BCUT2D eigenvalue weighted by atomic mass is 10.1. The second-order valence-electron chi connectivity index (χ2n) is 5.02. The first-order chi connectivity index (χ1) is 9.15. The molecule has 0 aliphatic rings. The van der Waals surface area contributed by atoms with Gasteiger partial charge in [0.25, 0.3) is 0 Å². The SMILES string of the molecule is Cc1csc(C(=O)O)c1S(=O)(=O)NCC(O)CC(C)C. The Bertz CT molecular complexity index is 577. The third-order valence-electron chi connectivity index (χ3n) is 2.63. The van der Waals surface area contributed by atoms with Gasteiger partial charge in [-0.3, -0.25) is 0 Å². The van der Waals surface area contributed by atoms with E-state index >= 15 is 0 Å². The minimum Gasteiger partial charge on any atom is -0.477 e. The Morgan fingerprint density at radius 2 is 2.05 bits per heavy atom. The van der Waals surface area contributed by atoms with Gasteiger partial charge >= 0.3 is 5.97 Å². The summed E-state index contributed by atoms with van der Waals surface area (Å²) in [5.74, 6) is -1.03. The van der Waals surface area contributed by atoms with Crippen molar-refractivity contribution >= 4 is 27.3 Å². The number of rotatable bonds is 7. The van der Waals surface area contributed by atoms with E-state index in [9.17, 15) is 18.3 Å². The van der Waals surface area contributed by atoms with Crippen LogP contribution in [0.1, 0.15) is 35.5 Å². The number of nitrogens with one attached hydrogen (secondary N) is 1. The molecule has 0 radical (unpaired) electrons. The molecule has 0 aliphatic carbocycles. The molecule has 0 saturated carbocycles. The Hall–Kier alpha value is -0.960. The van der Waals surface area contributed by atoms with Crippen molar-refractivity contribution in [3.63, 3.8) is 0 Å². The van der Waals surface area contributed by atoms with Crippen molar-refractivity contribution in [1.82, 2.24) is 4.72 Å². The molecule has 0 bridgehead atoms. The van der Waals surface area contributed by atoms with Crippen LogP contribution in [0.3, 0.4) is 0 Å². The van der Waals surface area contributed by atoms with Crippen LogP contribution in [0, 0.1) is 12.8 Å². The number of aryl methyl sites for hydroxylation is 1. The van der Waals surface area contributed by atoms with Gasteiger partial charge in [-0.2, -0.15) is 0 Å². The van der Waals surface area contributed by atoms with E-state index < -0.39 is 22.1 Å². The van der Waals surface area contributed by atoms with E-state index in [2.05, 4.69) is 4.72 Å². The van der Waals surface area contributed by atoms with E-state index in [-0.39, 0.29) is 22.2 Å². The van der Waals surface area contributed by atoms with E-state index in [1.54, 1.807) is 6.92 Å². The summed E-state index contributed by atoms with van der Waals surface area (Å²) in [6.07, 6.45) is -0.325. The standard InChI is InChI=1S/C12H19NO5S2/c1-7(2)4-9(14)5-13-20(17,18)11-8(3)6-19-10(11)12(15)16/h6-7,9,13-14H,4-5H2,1-3H3,(H,15,16). The summed E-state index contributed by atoms with van der Waals surface area (Å²) < 4.78 is 26.6. The summed E-state index contributed by atoms with van der Waals surface area (Å²) in [4.78, 5) is 10.6. The highest BCUT2D eigenvalue weighted by atomic mass is 32.2. The molecule has 1 unspecified atom stereocenters. The minimum atomic E-state index is -3.93. The van der Waals surface area contributed by atoms with Crippen molar-refractivity contribution in [1.29, 1.82) is 0 Å². The molecule has 3 N–H and O–H groups in total. The Labute approximate surface area is 122 Å². The lowest BCUT2D eigenvalue weighted by Gasteiger charge is -2.14. The molecule has 1 atom stereocenters. The smallest absolute Gasteiger partial charge is 0.347 e. The number of carboxylic acid groups (broad SMARTS) is 1. The van der Waals surface area contributed by atoms with Crippen LogP contribution in [0.4, 0.5) is 0 Å².